The lowest BCUT2D eigenvalue weighted by molar-refractivity contribution is -0.108. The summed E-state index contributed by atoms with van der Waals surface area (Å²) in [5, 5.41) is 1.20. The average Bonchev–Trinajstić information content (AvgIpc) is 2.44. The highest BCUT2D eigenvalue weighted by Gasteiger charge is 2.12. The molecule has 1 aromatic carbocycles. The van der Waals surface area contributed by atoms with Gasteiger partial charge in [0.25, 0.3) is 0 Å². The molecule has 2 aromatic rings. The van der Waals surface area contributed by atoms with E-state index < -0.39 is 6.29 Å². The van der Waals surface area contributed by atoms with Crippen molar-refractivity contribution in [3.63, 3.8) is 0 Å². The minimum Gasteiger partial charge on any atom is -0.350 e. The van der Waals surface area contributed by atoms with E-state index >= 15 is 0 Å². The van der Waals surface area contributed by atoms with Crippen molar-refractivity contribution >= 4 is 23.2 Å². The molecule has 106 valence electrons. The van der Waals surface area contributed by atoms with Gasteiger partial charge < -0.3 is 9.47 Å². The third-order valence-electron chi connectivity index (χ3n) is 2.76. The zero-order valence-electron chi connectivity index (χ0n) is 11.1. The Balaban J connectivity index is 2.23. The monoisotopic (exact) mass is 312 g/mol. The second kappa shape index (κ2) is 6.99. The van der Waals surface area contributed by atoms with Crippen molar-refractivity contribution in [1.29, 1.82) is 0 Å². The van der Waals surface area contributed by atoms with Gasteiger partial charge in [0.1, 0.15) is 5.82 Å². The highest BCUT2D eigenvalue weighted by Crippen LogP contribution is 2.23. The van der Waals surface area contributed by atoms with Crippen LogP contribution in [0.1, 0.15) is 23.4 Å². The van der Waals surface area contributed by atoms with E-state index in [4.69, 9.17) is 32.7 Å². The first-order chi connectivity index (χ1) is 9.63. The van der Waals surface area contributed by atoms with E-state index in [1.807, 2.05) is 6.07 Å². The molecular formula is C14H14Cl2N2O2. The van der Waals surface area contributed by atoms with Crippen LogP contribution in [0.25, 0.3) is 0 Å². The van der Waals surface area contributed by atoms with Crippen LogP contribution in [0.3, 0.4) is 0 Å². The highest BCUT2D eigenvalue weighted by atomic mass is 35.5. The molecule has 0 saturated carbocycles. The zero-order chi connectivity index (χ0) is 14.5. The lowest BCUT2D eigenvalue weighted by atomic mass is 10.1. The number of halogens is 2. The standard InChI is InChI=1S/C14H14Cl2N2O2/c1-19-14(20-2)12-5-6-17-13(18-12)7-9-3-4-10(15)8-11(9)16/h3-6,8,14H,7H2,1-2H3. The summed E-state index contributed by atoms with van der Waals surface area (Å²) < 4.78 is 10.3. The van der Waals surface area contributed by atoms with Crippen LogP contribution in [-0.4, -0.2) is 24.2 Å². The summed E-state index contributed by atoms with van der Waals surface area (Å²) in [6, 6.07) is 7.12. The fourth-order valence-corrected chi connectivity index (χ4v) is 2.28. The predicted octanol–water partition coefficient (Wildman–Crippen LogP) is 3.67. The summed E-state index contributed by atoms with van der Waals surface area (Å²) >= 11 is 12.0. The van der Waals surface area contributed by atoms with Crippen molar-refractivity contribution in [2.75, 3.05) is 14.2 Å². The molecule has 0 spiro atoms. The van der Waals surface area contributed by atoms with Crippen LogP contribution >= 0.6 is 23.2 Å². The van der Waals surface area contributed by atoms with E-state index in [2.05, 4.69) is 9.97 Å². The van der Waals surface area contributed by atoms with Gasteiger partial charge in [-0.1, -0.05) is 29.3 Å². The lowest BCUT2D eigenvalue weighted by Crippen LogP contribution is -2.08. The third-order valence-corrected chi connectivity index (χ3v) is 3.35. The summed E-state index contributed by atoms with van der Waals surface area (Å²) in [4.78, 5) is 8.66. The van der Waals surface area contributed by atoms with Gasteiger partial charge in [-0.3, -0.25) is 0 Å². The van der Waals surface area contributed by atoms with E-state index in [1.165, 1.54) is 0 Å². The maximum Gasteiger partial charge on any atom is 0.200 e. The molecule has 0 saturated heterocycles. The Morgan fingerprint density at radius 1 is 1.15 bits per heavy atom. The molecule has 0 aliphatic heterocycles. The molecule has 0 unspecified atom stereocenters. The van der Waals surface area contributed by atoms with Crippen molar-refractivity contribution in [2.24, 2.45) is 0 Å². The lowest BCUT2D eigenvalue weighted by Gasteiger charge is -2.13. The smallest absolute Gasteiger partial charge is 0.200 e. The Kier molecular flexibility index (Phi) is 5.31. The minimum absolute atomic E-state index is 0.502. The van der Waals surface area contributed by atoms with Gasteiger partial charge in [-0.15, -0.1) is 0 Å². The van der Waals surface area contributed by atoms with E-state index in [1.54, 1.807) is 38.6 Å². The van der Waals surface area contributed by atoms with Crippen LogP contribution in [0.2, 0.25) is 10.0 Å². The van der Waals surface area contributed by atoms with Gasteiger partial charge in [0.2, 0.25) is 6.29 Å². The van der Waals surface area contributed by atoms with Gasteiger partial charge in [-0.25, -0.2) is 9.97 Å². The van der Waals surface area contributed by atoms with E-state index in [-0.39, 0.29) is 0 Å². The molecule has 0 fully saturated rings. The first-order valence-electron chi connectivity index (χ1n) is 5.95. The molecule has 0 amide bonds. The summed E-state index contributed by atoms with van der Waals surface area (Å²) in [6.07, 6.45) is 1.69. The van der Waals surface area contributed by atoms with Crippen molar-refractivity contribution in [1.82, 2.24) is 9.97 Å². The number of methoxy groups -OCH3 is 2. The summed E-state index contributed by atoms with van der Waals surface area (Å²) in [5.74, 6) is 0.644. The van der Waals surface area contributed by atoms with Crippen LogP contribution in [-0.2, 0) is 15.9 Å². The van der Waals surface area contributed by atoms with Crippen LogP contribution in [0.5, 0.6) is 0 Å². The molecule has 0 N–H and O–H groups in total. The SMILES string of the molecule is COC(OC)c1ccnc(Cc2ccc(Cl)cc2Cl)n1. The second-order valence-electron chi connectivity index (χ2n) is 4.11. The molecule has 0 aliphatic rings. The maximum absolute atomic E-state index is 6.15. The quantitative estimate of drug-likeness (QED) is 0.790. The maximum atomic E-state index is 6.15. The topological polar surface area (TPSA) is 44.2 Å². The van der Waals surface area contributed by atoms with Gasteiger partial charge in [0.05, 0.1) is 5.69 Å². The largest absolute Gasteiger partial charge is 0.350 e. The minimum atomic E-state index is -0.502. The number of rotatable bonds is 5. The molecule has 4 nitrogen and oxygen atoms in total. The number of hydrogen-bond acceptors (Lipinski definition) is 4. The van der Waals surface area contributed by atoms with Crippen molar-refractivity contribution < 1.29 is 9.47 Å². The summed E-state index contributed by atoms with van der Waals surface area (Å²) in [5.41, 5.74) is 1.59. The molecule has 0 radical (unpaired) electrons. The molecule has 6 heteroatoms. The van der Waals surface area contributed by atoms with Crippen molar-refractivity contribution in [2.45, 2.75) is 12.7 Å². The molecule has 0 bridgehead atoms. The number of nitrogens with zero attached hydrogens (tertiary/aromatic N) is 2. The Labute approximate surface area is 127 Å². The fraction of sp³-hybridized carbons (Fsp3) is 0.286. The van der Waals surface area contributed by atoms with E-state index in [9.17, 15) is 0 Å². The van der Waals surface area contributed by atoms with Crippen molar-refractivity contribution in [3.05, 3.63) is 57.6 Å². The Hall–Kier alpha value is -1.20. The Morgan fingerprint density at radius 2 is 1.90 bits per heavy atom. The van der Waals surface area contributed by atoms with Crippen LogP contribution in [0.4, 0.5) is 0 Å². The van der Waals surface area contributed by atoms with Gasteiger partial charge in [0, 0.05) is 36.9 Å². The Bertz CT molecular complexity index is 589. The predicted molar refractivity (Wildman–Crippen MR) is 78.1 cm³/mol. The molecular weight excluding hydrogens is 299 g/mol. The summed E-state index contributed by atoms with van der Waals surface area (Å²) in [6.45, 7) is 0. The number of benzene rings is 1. The second-order valence-corrected chi connectivity index (χ2v) is 4.96. The number of ether oxygens (including phenoxy) is 2. The molecule has 1 heterocycles. The zero-order valence-corrected chi connectivity index (χ0v) is 12.6. The summed E-state index contributed by atoms with van der Waals surface area (Å²) in [7, 11) is 3.12. The highest BCUT2D eigenvalue weighted by molar-refractivity contribution is 6.35. The molecule has 2 rings (SSSR count). The van der Waals surface area contributed by atoms with E-state index in [0.717, 1.165) is 5.56 Å². The van der Waals surface area contributed by atoms with Gasteiger partial charge in [-0.05, 0) is 23.8 Å². The normalized spacial score (nSPS) is 11.1. The van der Waals surface area contributed by atoms with Crippen LogP contribution < -0.4 is 0 Å². The Morgan fingerprint density at radius 3 is 2.55 bits per heavy atom. The molecule has 0 atom stereocenters. The number of aromatic nitrogens is 2. The van der Waals surface area contributed by atoms with Crippen LogP contribution in [0.15, 0.2) is 30.5 Å². The first-order valence-corrected chi connectivity index (χ1v) is 6.71. The molecule has 0 aliphatic carbocycles. The van der Waals surface area contributed by atoms with E-state index in [0.29, 0.717) is 28.0 Å². The van der Waals surface area contributed by atoms with Gasteiger partial charge in [-0.2, -0.15) is 0 Å². The molecule has 20 heavy (non-hydrogen) atoms. The fourth-order valence-electron chi connectivity index (χ4n) is 1.80. The first kappa shape index (κ1) is 15.2. The number of hydrogen-bond donors (Lipinski definition) is 0. The molecule has 1 aromatic heterocycles. The van der Waals surface area contributed by atoms with Gasteiger partial charge in [0.15, 0.2) is 0 Å². The third kappa shape index (κ3) is 3.67. The average molecular weight is 313 g/mol. The van der Waals surface area contributed by atoms with Crippen LogP contribution in [0, 0.1) is 0 Å². The van der Waals surface area contributed by atoms with Crippen molar-refractivity contribution in [3.8, 4) is 0 Å². The van der Waals surface area contributed by atoms with Gasteiger partial charge >= 0.3 is 0 Å².